The molecule has 0 radical (unpaired) electrons. The third-order valence-corrected chi connectivity index (χ3v) is 3.24. The number of hydrogen-bond donors (Lipinski definition) is 1. The van der Waals surface area contributed by atoms with Gasteiger partial charge in [-0.2, -0.15) is 0 Å². The van der Waals surface area contributed by atoms with Gasteiger partial charge < -0.3 is 10.2 Å². The molecule has 1 saturated carbocycles. The van der Waals surface area contributed by atoms with Gasteiger partial charge in [0, 0.05) is 19.0 Å². The van der Waals surface area contributed by atoms with Crippen LogP contribution in [0.3, 0.4) is 0 Å². The van der Waals surface area contributed by atoms with Gasteiger partial charge in [0.05, 0.1) is 18.1 Å². The molecule has 1 aliphatic heterocycles. The smallest absolute Gasteiger partial charge is 0.227 e. The third-order valence-electron chi connectivity index (χ3n) is 3.24. The van der Waals surface area contributed by atoms with E-state index in [-0.39, 0.29) is 11.8 Å². The van der Waals surface area contributed by atoms with Crippen LogP contribution in [-0.4, -0.2) is 29.0 Å². The Morgan fingerprint density at radius 3 is 2.47 bits per heavy atom. The summed E-state index contributed by atoms with van der Waals surface area (Å²) >= 11 is 0. The molecule has 3 rings (SSSR count). The molecule has 2 heterocycles. The van der Waals surface area contributed by atoms with Crippen LogP contribution < -0.4 is 10.2 Å². The van der Waals surface area contributed by atoms with Crippen LogP contribution in [0.15, 0.2) is 12.4 Å². The van der Waals surface area contributed by atoms with Crippen molar-refractivity contribution >= 4 is 17.5 Å². The number of nitrogens with zero attached hydrogens (tertiary/aromatic N) is 3. The molecule has 2 aliphatic rings. The molecule has 1 aromatic rings. The fraction of sp³-hybridized carbons (Fsp3) is 0.583. The van der Waals surface area contributed by atoms with E-state index in [1.54, 1.807) is 12.4 Å². The van der Waals surface area contributed by atoms with Crippen LogP contribution in [0.2, 0.25) is 0 Å². The van der Waals surface area contributed by atoms with E-state index in [2.05, 4.69) is 20.2 Å². The van der Waals surface area contributed by atoms with Gasteiger partial charge in [0.25, 0.3) is 0 Å². The van der Waals surface area contributed by atoms with Gasteiger partial charge in [0.2, 0.25) is 11.9 Å². The fourth-order valence-electron chi connectivity index (χ4n) is 2.06. The summed E-state index contributed by atoms with van der Waals surface area (Å²) in [5.41, 5.74) is 0.699. The van der Waals surface area contributed by atoms with Gasteiger partial charge in [-0.3, -0.25) is 4.79 Å². The van der Waals surface area contributed by atoms with Crippen molar-refractivity contribution in [1.29, 1.82) is 0 Å². The van der Waals surface area contributed by atoms with Crippen molar-refractivity contribution in [1.82, 2.24) is 9.97 Å². The molecule has 0 spiro atoms. The molecular weight excluding hydrogens is 216 g/mol. The maximum Gasteiger partial charge on any atom is 0.227 e. The largest absolute Gasteiger partial charge is 0.341 e. The van der Waals surface area contributed by atoms with Crippen molar-refractivity contribution in [2.75, 3.05) is 23.3 Å². The van der Waals surface area contributed by atoms with Gasteiger partial charge in [0.1, 0.15) is 0 Å². The molecule has 0 atom stereocenters. The van der Waals surface area contributed by atoms with Crippen molar-refractivity contribution in [3.63, 3.8) is 0 Å². The Morgan fingerprint density at radius 2 is 1.88 bits per heavy atom. The van der Waals surface area contributed by atoms with Crippen LogP contribution in [0.4, 0.5) is 11.6 Å². The van der Waals surface area contributed by atoms with Crippen LogP contribution in [0.1, 0.15) is 25.7 Å². The zero-order valence-electron chi connectivity index (χ0n) is 9.72. The van der Waals surface area contributed by atoms with E-state index in [4.69, 9.17) is 0 Å². The van der Waals surface area contributed by atoms with Crippen molar-refractivity contribution in [3.8, 4) is 0 Å². The number of nitrogens with one attached hydrogen (secondary N) is 1. The van der Waals surface area contributed by atoms with E-state index in [9.17, 15) is 4.79 Å². The predicted octanol–water partition coefficient (Wildman–Crippen LogP) is 1.43. The molecule has 17 heavy (non-hydrogen) atoms. The lowest BCUT2D eigenvalue weighted by atomic mass is 10.4. The first kappa shape index (κ1) is 10.5. The molecule has 1 aromatic heterocycles. The Labute approximate surface area is 100 Å². The van der Waals surface area contributed by atoms with E-state index >= 15 is 0 Å². The van der Waals surface area contributed by atoms with Crippen molar-refractivity contribution in [2.45, 2.75) is 25.7 Å². The summed E-state index contributed by atoms with van der Waals surface area (Å²) in [5, 5.41) is 2.84. The number of hydrogen-bond acceptors (Lipinski definition) is 4. The molecule has 5 heteroatoms. The maximum atomic E-state index is 11.5. The SMILES string of the molecule is O=C(Nc1cnc(N2CCCC2)nc1)C1CC1. The lowest BCUT2D eigenvalue weighted by molar-refractivity contribution is -0.117. The molecule has 1 saturated heterocycles. The quantitative estimate of drug-likeness (QED) is 0.856. The summed E-state index contributed by atoms with van der Waals surface area (Å²) in [6.07, 6.45) is 7.84. The van der Waals surface area contributed by atoms with Gasteiger partial charge in [-0.1, -0.05) is 0 Å². The van der Waals surface area contributed by atoms with Crippen molar-refractivity contribution < 1.29 is 4.79 Å². The zero-order valence-corrected chi connectivity index (χ0v) is 9.72. The van der Waals surface area contributed by atoms with Crippen molar-refractivity contribution in [2.24, 2.45) is 5.92 Å². The fourth-order valence-corrected chi connectivity index (χ4v) is 2.06. The highest BCUT2D eigenvalue weighted by Crippen LogP contribution is 2.30. The number of carbonyl (C=O) groups excluding carboxylic acids is 1. The Balaban J connectivity index is 1.64. The normalized spacial score (nSPS) is 19.4. The van der Waals surface area contributed by atoms with Crippen LogP contribution in [-0.2, 0) is 4.79 Å². The van der Waals surface area contributed by atoms with E-state index in [1.807, 2.05) is 0 Å². The van der Waals surface area contributed by atoms with Gasteiger partial charge in [0.15, 0.2) is 0 Å². The highest BCUT2D eigenvalue weighted by molar-refractivity contribution is 5.93. The second kappa shape index (κ2) is 4.31. The highest BCUT2D eigenvalue weighted by Gasteiger charge is 2.29. The average molecular weight is 232 g/mol. The number of anilines is 2. The maximum absolute atomic E-state index is 11.5. The Morgan fingerprint density at radius 1 is 1.24 bits per heavy atom. The summed E-state index contributed by atoms with van der Waals surface area (Å²) in [4.78, 5) is 22.3. The molecule has 5 nitrogen and oxygen atoms in total. The van der Waals surface area contributed by atoms with Crippen LogP contribution in [0, 0.1) is 5.92 Å². The van der Waals surface area contributed by atoms with Crippen LogP contribution in [0.5, 0.6) is 0 Å². The molecule has 90 valence electrons. The lowest BCUT2D eigenvalue weighted by Gasteiger charge is -2.14. The molecule has 0 aromatic carbocycles. The number of aromatic nitrogens is 2. The monoisotopic (exact) mass is 232 g/mol. The van der Waals surface area contributed by atoms with Crippen LogP contribution >= 0.6 is 0 Å². The summed E-state index contributed by atoms with van der Waals surface area (Å²) < 4.78 is 0. The third kappa shape index (κ3) is 2.38. The molecule has 0 unspecified atom stereocenters. The van der Waals surface area contributed by atoms with E-state index in [0.717, 1.165) is 31.9 Å². The molecular formula is C12H16N4O. The van der Waals surface area contributed by atoms with Gasteiger partial charge in [-0.25, -0.2) is 9.97 Å². The lowest BCUT2D eigenvalue weighted by Crippen LogP contribution is -2.20. The summed E-state index contributed by atoms with van der Waals surface area (Å²) in [7, 11) is 0. The summed E-state index contributed by atoms with van der Waals surface area (Å²) in [6, 6.07) is 0. The average Bonchev–Trinajstić information content (AvgIpc) is 3.07. The van der Waals surface area contributed by atoms with Gasteiger partial charge in [-0.15, -0.1) is 0 Å². The minimum absolute atomic E-state index is 0.0996. The highest BCUT2D eigenvalue weighted by atomic mass is 16.2. The first-order valence-electron chi connectivity index (χ1n) is 6.21. The van der Waals surface area contributed by atoms with Crippen LogP contribution in [0.25, 0.3) is 0 Å². The molecule has 0 bridgehead atoms. The zero-order chi connectivity index (χ0) is 11.7. The topological polar surface area (TPSA) is 58.1 Å². The minimum Gasteiger partial charge on any atom is -0.341 e. The second-order valence-corrected chi connectivity index (χ2v) is 4.73. The molecule has 1 aliphatic carbocycles. The standard InChI is InChI=1S/C12H16N4O/c17-11(9-3-4-9)15-10-7-13-12(14-8-10)16-5-1-2-6-16/h7-9H,1-6H2,(H,15,17). The molecule has 1 N–H and O–H groups in total. The summed E-state index contributed by atoms with van der Waals surface area (Å²) in [6.45, 7) is 2.07. The first-order chi connectivity index (χ1) is 8.33. The van der Waals surface area contributed by atoms with E-state index < -0.39 is 0 Å². The minimum atomic E-state index is 0.0996. The number of amides is 1. The first-order valence-corrected chi connectivity index (χ1v) is 6.21. The van der Waals surface area contributed by atoms with Crippen molar-refractivity contribution in [3.05, 3.63) is 12.4 Å². The molecule has 2 fully saturated rings. The Bertz CT molecular complexity index is 407. The van der Waals surface area contributed by atoms with E-state index in [0.29, 0.717) is 5.69 Å². The predicted molar refractivity (Wildman–Crippen MR) is 64.8 cm³/mol. The number of carbonyl (C=O) groups is 1. The molecule has 1 amide bonds. The van der Waals surface area contributed by atoms with Gasteiger partial charge in [-0.05, 0) is 25.7 Å². The summed E-state index contributed by atoms with van der Waals surface area (Å²) in [5.74, 6) is 1.09. The number of rotatable bonds is 3. The van der Waals surface area contributed by atoms with Gasteiger partial charge >= 0.3 is 0 Å². The Hall–Kier alpha value is -1.65. The Kier molecular flexibility index (Phi) is 2.66. The van der Waals surface area contributed by atoms with E-state index in [1.165, 1.54) is 12.8 Å². The second-order valence-electron chi connectivity index (χ2n) is 4.73.